The number of hydrogen-bond donors (Lipinski definition) is 1. The monoisotopic (exact) mass is 258 g/mol. The number of esters is 1. The van der Waals surface area contributed by atoms with E-state index in [0.717, 1.165) is 32.1 Å². The van der Waals surface area contributed by atoms with Crippen LogP contribution in [-0.2, 0) is 14.3 Å². The van der Waals surface area contributed by atoms with Crippen molar-refractivity contribution in [2.24, 2.45) is 5.92 Å². The molecule has 0 saturated carbocycles. The van der Waals surface area contributed by atoms with E-state index in [4.69, 9.17) is 14.6 Å². The summed E-state index contributed by atoms with van der Waals surface area (Å²) in [6, 6.07) is 0. The first-order valence-corrected chi connectivity index (χ1v) is 7.01. The quantitative estimate of drug-likeness (QED) is 0.586. The first-order valence-electron chi connectivity index (χ1n) is 7.01. The second kappa shape index (κ2) is 7.74. The smallest absolute Gasteiger partial charge is 0.335 e. The van der Waals surface area contributed by atoms with Crippen LogP contribution in [0.4, 0.5) is 0 Å². The Morgan fingerprint density at radius 2 is 2.11 bits per heavy atom. The Bertz CT molecular complexity index is 252. The van der Waals surface area contributed by atoms with Crippen LogP contribution in [0, 0.1) is 5.92 Å². The zero-order valence-electron chi connectivity index (χ0n) is 11.7. The van der Waals surface area contributed by atoms with Crippen LogP contribution in [0.2, 0.25) is 0 Å². The van der Waals surface area contributed by atoms with Gasteiger partial charge >= 0.3 is 5.97 Å². The van der Waals surface area contributed by atoms with Crippen molar-refractivity contribution < 1.29 is 19.4 Å². The van der Waals surface area contributed by atoms with Crippen LogP contribution in [-0.4, -0.2) is 36.0 Å². The van der Waals surface area contributed by atoms with E-state index in [1.54, 1.807) is 0 Å². The van der Waals surface area contributed by atoms with Crippen molar-refractivity contribution in [2.75, 3.05) is 6.61 Å². The molecule has 18 heavy (non-hydrogen) atoms. The fourth-order valence-corrected chi connectivity index (χ4v) is 2.30. The van der Waals surface area contributed by atoms with Gasteiger partial charge in [0, 0.05) is 6.61 Å². The fourth-order valence-electron chi connectivity index (χ4n) is 2.30. The van der Waals surface area contributed by atoms with Crippen molar-refractivity contribution in [1.82, 2.24) is 0 Å². The zero-order valence-corrected chi connectivity index (χ0v) is 11.7. The van der Waals surface area contributed by atoms with Gasteiger partial charge in [-0.1, -0.05) is 6.92 Å². The Balaban J connectivity index is 2.41. The second-order valence-corrected chi connectivity index (χ2v) is 5.42. The number of hydrogen-bond acceptors (Lipinski definition) is 4. The summed E-state index contributed by atoms with van der Waals surface area (Å²) in [5.74, 6) is 0.246. The molecule has 1 aliphatic heterocycles. The molecular weight excluding hydrogens is 232 g/mol. The minimum Gasteiger partial charge on any atom is -0.461 e. The molecule has 1 rings (SSSR count). The highest BCUT2D eigenvalue weighted by molar-refractivity contribution is 5.74. The van der Waals surface area contributed by atoms with Crippen LogP contribution in [0.5, 0.6) is 0 Å². The molecule has 0 bridgehead atoms. The van der Waals surface area contributed by atoms with Gasteiger partial charge in [-0.2, -0.15) is 0 Å². The van der Waals surface area contributed by atoms with Crippen LogP contribution < -0.4 is 0 Å². The lowest BCUT2D eigenvalue weighted by Gasteiger charge is -2.34. The molecule has 0 aromatic rings. The number of carbonyl (C=O) groups excluding carboxylic acids is 1. The summed E-state index contributed by atoms with van der Waals surface area (Å²) < 4.78 is 11.0. The highest BCUT2D eigenvalue weighted by atomic mass is 16.6. The largest absolute Gasteiger partial charge is 0.461 e. The Kier molecular flexibility index (Phi) is 6.65. The SMILES string of the molecule is CC(C)OC(=O)[C@@H]1CC[C@H](C)[C@@H](CCCCO)O1. The van der Waals surface area contributed by atoms with E-state index in [0.29, 0.717) is 5.92 Å². The predicted octanol–water partition coefficient (Wildman–Crippen LogP) is 2.28. The number of rotatable bonds is 6. The predicted molar refractivity (Wildman–Crippen MR) is 69.2 cm³/mol. The number of unbranched alkanes of at least 4 members (excludes halogenated alkanes) is 1. The Labute approximate surface area is 110 Å². The summed E-state index contributed by atoms with van der Waals surface area (Å²) in [6.45, 7) is 6.08. The lowest BCUT2D eigenvalue weighted by Crippen LogP contribution is -2.39. The molecule has 106 valence electrons. The summed E-state index contributed by atoms with van der Waals surface area (Å²) in [5.41, 5.74) is 0. The fraction of sp³-hybridized carbons (Fsp3) is 0.929. The minimum atomic E-state index is -0.400. The summed E-state index contributed by atoms with van der Waals surface area (Å²) in [6.07, 6.45) is 4.04. The van der Waals surface area contributed by atoms with Gasteiger partial charge in [0.15, 0.2) is 6.10 Å². The average molecular weight is 258 g/mol. The highest BCUT2D eigenvalue weighted by Gasteiger charge is 2.33. The lowest BCUT2D eigenvalue weighted by atomic mass is 9.90. The van der Waals surface area contributed by atoms with Crippen LogP contribution >= 0.6 is 0 Å². The third-order valence-electron chi connectivity index (χ3n) is 3.37. The molecule has 0 aliphatic carbocycles. The van der Waals surface area contributed by atoms with E-state index in [1.165, 1.54) is 0 Å². The molecule has 1 heterocycles. The lowest BCUT2D eigenvalue weighted by molar-refractivity contribution is -0.173. The summed E-state index contributed by atoms with van der Waals surface area (Å²) >= 11 is 0. The van der Waals surface area contributed by atoms with Gasteiger partial charge in [0.1, 0.15) is 0 Å². The maximum Gasteiger partial charge on any atom is 0.335 e. The third-order valence-corrected chi connectivity index (χ3v) is 3.37. The zero-order chi connectivity index (χ0) is 13.5. The molecule has 0 amide bonds. The van der Waals surface area contributed by atoms with Crippen molar-refractivity contribution in [3.8, 4) is 0 Å². The molecule has 4 nitrogen and oxygen atoms in total. The van der Waals surface area contributed by atoms with Gasteiger partial charge < -0.3 is 14.6 Å². The van der Waals surface area contributed by atoms with Crippen molar-refractivity contribution in [3.05, 3.63) is 0 Å². The van der Waals surface area contributed by atoms with Gasteiger partial charge in [-0.05, 0) is 51.9 Å². The third kappa shape index (κ3) is 4.94. The molecular formula is C14H26O4. The van der Waals surface area contributed by atoms with Gasteiger partial charge in [0.25, 0.3) is 0 Å². The Morgan fingerprint density at radius 1 is 1.39 bits per heavy atom. The van der Waals surface area contributed by atoms with Crippen LogP contribution in [0.3, 0.4) is 0 Å². The number of carbonyl (C=O) groups is 1. The van der Waals surface area contributed by atoms with Crippen LogP contribution in [0.15, 0.2) is 0 Å². The molecule has 0 spiro atoms. The summed E-state index contributed by atoms with van der Waals surface area (Å²) in [7, 11) is 0. The van der Waals surface area contributed by atoms with E-state index < -0.39 is 6.10 Å². The molecule has 0 unspecified atom stereocenters. The first-order chi connectivity index (χ1) is 8.54. The topological polar surface area (TPSA) is 55.8 Å². The Morgan fingerprint density at radius 3 is 2.72 bits per heavy atom. The average Bonchev–Trinajstić information content (AvgIpc) is 2.30. The van der Waals surface area contributed by atoms with Crippen molar-refractivity contribution >= 4 is 5.97 Å². The van der Waals surface area contributed by atoms with Gasteiger partial charge in [0.05, 0.1) is 12.2 Å². The van der Waals surface area contributed by atoms with Gasteiger partial charge in [-0.25, -0.2) is 4.79 Å². The standard InChI is InChI=1S/C14H26O4/c1-10(2)17-14(16)13-8-7-11(3)12(18-13)6-4-5-9-15/h10-13,15H,4-9H2,1-3H3/t11-,12+,13-/m0/s1. The van der Waals surface area contributed by atoms with E-state index in [2.05, 4.69) is 6.92 Å². The van der Waals surface area contributed by atoms with Crippen LogP contribution in [0.1, 0.15) is 52.9 Å². The normalized spacial score (nSPS) is 28.4. The molecule has 0 aromatic carbocycles. The van der Waals surface area contributed by atoms with Crippen molar-refractivity contribution in [1.29, 1.82) is 0 Å². The van der Waals surface area contributed by atoms with Gasteiger partial charge in [-0.15, -0.1) is 0 Å². The van der Waals surface area contributed by atoms with Crippen molar-refractivity contribution in [2.45, 2.75) is 71.2 Å². The molecule has 3 atom stereocenters. The van der Waals surface area contributed by atoms with Crippen molar-refractivity contribution in [3.63, 3.8) is 0 Å². The number of ether oxygens (including phenoxy) is 2. The molecule has 1 N–H and O–H groups in total. The maximum absolute atomic E-state index is 11.8. The molecule has 0 aromatic heterocycles. The number of aliphatic hydroxyl groups excluding tert-OH is 1. The van der Waals surface area contributed by atoms with Gasteiger partial charge in [0.2, 0.25) is 0 Å². The van der Waals surface area contributed by atoms with Crippen LogP contribution in [0.25, 0.3) is 0 Å². The van der Waals surface area contributed by atoms with Gasteiger partial charge in [-0.3, -0.25) is 0 Å². The number of aliphatic hydroxyl groups is 1. The van der Waals surface area contributed by atoms with E-state index in [1.807, 2.05) is 13.8 Å². The molecule has 1 fully saturated rings. The molecule has 4 heteroatoms. The summed E-state index contributed by atoms with van der Waals surface area (Å²) in [4.78, 5) is 11.8. The van der Waals surface area contributed by atoms with E-state index in [9.17, 15) is 4.79 Å². The maximum atomic E-state index is 11.8. The highest BCUT2D eigenvalue weighted by Crippen LogP contribution is 2.28. The first kappa shape index (κ1) is 15.4. The Hall–Kier alpha value is -0.610. The minimum absolute atomic E-state index is 0.0895. The second-order valence-electron chi connectivity index (χ2n) is 5.42. The molecule has 0 radical (unpaired) electrons. The molecule has 1 saturated heterocycles. The van der Waals surface area contributed by atoms with E-state index >= 15 is 0 Å². The summed E-state index contributed by atoms with van der Waals surface area (Å²) in [5, 5.41) is 8.79. The molecule has 1 aliphatic rings. The van der Waals surface area contributed by atoms with E-state index in [-0.39, 0.29) is 24.8 Å².